The minimum atomic E-state index is -1.24. The number of halogens is 1. The first-order valence-electron chi connectivity index (χ1n) is 9.83. The van der Waals surface area contributed by atoms with Crippen LogP contribution in [-0.2, 0) is 4.79 Å². The molecule has 5 rings (SSSR count). The molecular formula is C23H17FN6O2. The molecule has 1 N–H and O–H groups in total. The summed E-state index contributed by atoms with van der Waals surface area (Å²) in [5.74, 6) is -1.42. The first kappa shape index (κ1) is 19.6. The summed E-state index contributed by atoms with van der Waals surface area (Å²) in [7, 11) is 1.60. The van der Waals surface area contributed by atoms with E-state index in [4.69, 9.17) is 0 Å². The lowest BCUT2D eigenvalue weighted by Gasteiger charge is -2.20. The Balaban J connectivity index is 1.58. The molecule has 1 atom stereocenters. The third kappa shape index (κ3) is 3.29. The topological polar surface area (TPSA) is 92.0 Å². The van der Waals surface area contributed by atoms with Crippen molar-refractivity contribution in [2.75, 3.05) is 11.9 Å². The lowest BCUT2D eigenvalue weighted by molar-refractivity contribution is -0.119. The number of aromatic nitrogens is 3. The van der Waals surface area contributed by atoms with E-state index in [9.17, 15) is 14.0 Å². The lowest BCUT2D eigenvalue weighted by atomic mass is 10.00. The predicted octanol–water partition coefficient (Wildman–Crippen LogP) is 2.44. The van der Waals surface area contributed by atoms with Crippen molar-refractivity contribution in [3.05, 3.63) is 95.7 Å². The number of rotatable bonds is 3. The summed E-state index contributed by atoms with van der Waals surface area (Å²) in [4.78, 5) is 32.1. The highest BCUT2D eigenvalue weighted by molar-refractivity contribution is 6.20. The maximum Gasteiger partial charge on any atom is 0.272 e. The first-order chi connectivity index (χ1) is 15.5. The zero-order valence-corrected chi connectivity index (χ0v) is 16.9. The fourth-order valence-corrected chi connectivity index (χ4v) is 3.65. The molecule has 0 radical (unpaired) electrons. The smallest absolute Gasteiger partial charge is 0.272 e. The lowest BCUT2D eigenvalue weighted by Crippen LogP contribution is -2.46. The van der Waals surface area contributed by atoms with Crippen LogP contribution in [0.2, 0.25) is 0 Å². The van der Waals surface area contributed by atoms with Crippen LogP contribution >= 0.6 is 0 Å². The van der Waals surface area contributed by atoms with Crippen LogP contribution in [0.3, 0.4) is 0 Å². The Bertz CT molecular complexity index is 1400. The second-order valence-electron chi connectivity index (χ2n) is 7.26. The van der Waals surface area contributed by atoms with E-state index >= 15 is 0 Å². The molecule has 0 spiro atoms. The molecule has 8 nitrogen and oxygen atoms in total. The summed E-state index contributed by atoms with van der Waals surface area (Å²) in [5.41, 5.74) is 2.58. The normalized spacial score (nSPS) is 15.8. The summed E-state index contributed by atoms with van der Waals surface area (Å²) in [6.07, 6.45) is 1.79. The average Bonchev–Trinajstić information content (AvgIpc) is 3.26. The van der Waals surface area contributed by atoms with Gasteiger partial charge < -0.3 is 10.2 Å². The number of carbonyl (C=O) groups excluding carboxylic acids is 2. The minimum absolute atomic E-state index is 0.244. The van der Waals surface area contributed by atoms with Gasteiger partial charge in [-0.1, -0.05) is 30.3 Å². The van der Waals surface area contributed by atoms with E-state index in [1.807, 2.05) is 0 Å². The number of hydrogen-bond acceptors (Lipinski definition) is 5. The van der Waals surface area contributed by atoms with Gasteiger partial charge in [-0.3, -0.25) is 14.0 Å². The van der Waals surface area contributed by atoms with Gasteiger partial charge in [0.05, 0.1) is 17.0 Å². The molecule has 3 heterocycles. The molecule has 0 aliphatic carbocycles. The van der Waals surface area contributed by atoms with Crippen molar-refractivity contribution in [3.63, 3.8) is 0 Å². The number of benzene rings is 2. The standard InChI is InChI=1S/C23H17FN6O2/c1-29-18-9-5-3-7-16(18)20(15-6-2-4-8-17(15)24)26-21(23(29)32)27-22(31)14-10-11-19-28-25-13-30(19)12-14/h2-13,21H,1H3,(H,27,31). The van der Waals surface area contributed by atoms with E-state index in [1.165, 1.54) is 17.3 Å². The van der Waals surface area contributed by atoms with Gasteiger partial charge in [0, 0.05) is 24.4 Å². The number of nitrogens with one attached hydrogen (secondary N) is 1. The SMILES string of the molecule is CN1C(=O)C(NC(=O)c2ccc3nncn3c2)N=C(c2ccccc2F)c2ccccc21. The van der Waals surface area contributed by atoms with Crippen LogP contribution in [0.15, 0.2) is 78.2 Å². The van der Waals surface area contributed by atoms with Crippen molar-refractivity contribution >= 4 is 28.9 Å². The maximum absolute atomic E-state index is 14.7. The summed E-state index contributed by atoms with van der Waals surface area (Å²) < 4.78 is 16.3. The number of hydrogen-bond donors (Lipinski definition) is 1. The molecule has 2 aromatic heterocycles. The van der Waals surface area contributed by atoms with Gasteiger partial charge in [-0.05, 0) is 30.3 Å². The number of para-hydroxylation sites is 1. The summed E-state index contributed by atoms with van der Waals surface area (Å²) in [5, 5.41) is 10.4. The average molecular weight is 428 g/mol. The number of amides is 2. The molecule has 1 aliphatic heterocycles. The number of likely N-dealkylation sites (N-methyl/N-ethyl adjacent to an activating group) is 1. The Labute approximate surface area is 182 Å². The van der Waals surface area contributed by atoms with Gasteiger partial charge >= 0.3 is 0 Å². The number of benzodiazepines with no additional fused rings is 1. The van der Waals surface area contributed by atoms with Crippen molar-refractivity contribution in [2.45, 2.75) is 6.17 Å². The highest BCUT2D eigenvalue weighted by Crippen LogP contribution is 2.28. The maximum atomic E-state index is 14.7. The van der Waals surface area contributed by atoms with Gasteiger partial charge in [-0.25, -0.2) is 9.38 Å². The van der Waals surface area contributed by atoms with E-state index < -0.39 is 23.8 Å². The van der Waals surface area contributed by atoms with Gasteiger partial charge in [0.25, 0.3) is 11.8 Å². The van der Waals surface area contributed by atoms with Crippen LogP contribution in [0.25, 0.3) is 5.65 Å². The molecule has 1 aliphatic rings. The molecule has 4 aromatic rings. The van der Waals surface area contributed by atoms with Gasteiger partial charge in [0.15, 0.2) is 5.65 Å². The van der Waals surface area contributed by atoms with E-state index in [0.29, 0.717) is 22.5 Å². The van der Waals surface area contributed by atoms with Crippen LogP contribution in [0.4, 0.5) is 10.1 Å². The second-order valence-corrected chi connectivity index (χ2v) is 7.26. The predicted molar refractivity (Wildman–Crippen MR) is 116 cm³/mol. The van der Waals surface area contributed by atoms with Gasteiger partial charge in [-0.2, -0.15) is 0 Å². The zero-order valence-electron chi connectivity index (χ0n) is 16.9. The molecule has 2 amide bonds. The molecule has 158 valence electrons. The summed E-state index contributed by atoms with van der Waals surface area (Å²) in [6, 6.07) is 16.5. The van der Waals surface area contributed by atoms with Crippen molar-refractivity contribution in [3.8, 4) is 0 Å². The molecule has 0 saturated heterocycles. The molecular weight excluding hydrogens is 411 g/mol. The Morgan fingerprint density at radius 1 is 1.03 bits per heavy atom. The van der Waals surface area contributed by atoms with Gasteiger partial charge in [0.2, 0.25) is 6.17 Å². The highest BCUT2D eigenvalue weighted by atomic mass is 19.1. The van der Waals surface area contributed by atoms with Crippen LogP contribution in [0.1, 0.15) is 21.5 Å². The molecule has 0 fully saturated rings. The monoisotopic (exact) mass is 428 g/mol. The third-order valence-electron chi connectivity index (χ3n) is 5.29. The second kappa shape index (κ2) is 7.69. The van der Waals surface area contributed by atoms with Crippen LogP contribution < -0.4 is 10.2 Å². The van der Waals surface area contributed by atoms with Crippen LogP contribution in [-0.4, -0.2) is 45.3 Å². The van der Waals surface area contributed by atoms with Crippen LogP contribution in [0, 0.1) is 5.82 Å². The number of aliphatic imine (C=N–C) groups is 1. The molecule has 9 heteroatoms. The molecule has 0 saturated carbocycles. The number of nitrogens with zero attached hydrogens (tertiary/aromatic N) is 5. The summed E-state index contributed by atoms with van der Waals surface area (Å²) >= 11 is 0. The number of pyridine rings is 1. The molecule has 0 bridgehead atoms. The summed E-state index contributed by atoms with van der Waals surface area (Å²) in [6.45, 7) is 0. The fourth-order valence-electron chi connectivity index (χ4n) is 3.65. The molecule has 1 unspecified atom stereocenters. The number of fused-ring (bicyclic) bond motifs is 2. The van der Waals surface area contributed by atoms with E-state index in [0.717, 1.165) is 0 Å². The first-order valence-corrected chi connectivity index (χ1v) is 9.83. The van der Waals surface area contributed by atoms with Gasteiger partial charge in [0.1, 0.15) is 12.1 Å². The van der Waals surface area contributed by atoms with E-state index in [2.05, 4.69) is 20.5 Å². The van der Waals surface area contributed by atoms with Crippen molar-refractivity contribution < 1.29 is 14.0 Å². The largest absolute Gasteiger partial charge is 0.322 e. The Kier molecular flexibility index (Phi) is 4.70. The Morgan fingerprint density at radius 2 is 1.78 bits per heavy atom. The van der Waals surface area contributed by atoms with Crippen molar-refractivity contribution in [1.29, 1.82) is 0 Å². The van der Waals surface area contributed by atoms with Crippen LogP contribution in [0.5, 0.6) is 0 Å². The fraction of sp³-hybridized carbons (Fsp3) is 0.0870. The van der Waals surface area contributed by atoms with E-state index in [1.54, 1.807) is 72.2 Å². The number of carbonyl (C=O) groups is 2. The highest BCUT2D eigenvalue weighted by Gasteiger charge is 2.31. The third-order valence-corrected chi connectivity index (χ3v) is 5.29. The Hall–Kier alpha value is -4.40. The minimum Gasteiger partial charge on any atom is -0.322 e. The van der Waals surface area contributed by atoms with E-state index in [-0.39, 0.29) is 11.3 Å². The van der Waals surface area contributed by atoms with Crippen molar-refractivity contribution in [2.24, 2.45) is 4.99 Å². The Morgan fingerprint density at radius 3 is 2.59 bits per heavy atom. The zero-order chi connectivity index (χ0) is 22.2. The molecule has 2 aromatic carbocycles. The van der Waals surface area contributed by atoms with Crippen molar-refractivity contribution in [1.82, 2.24) is 19.9 Å². The number of anilines is 1. The van der Waals surface area contributed by atoms with Gasteiger partial charge in [-0.15, -0.1) is 10.2 Å². The quantitative estimate of drug-likeness (QED) is 0.543. The molecule has 32 heavy (non-hydrogen) atoms.